The molecule has 6 heteroatoms. The zero-order valence-electron chi connectivity index (χ0n) is 17.8. The van der Waals surface area contributed by atoms with Crippen LogP contribution >= 0.6 is 0 Å². The number of hydrogen-bond acceptors (Lipinski definition) is 3. The third kappa shape index (κ3) is 4.24. The summed E-state index contributed by atoms with van der Waals surface area (Å²) < 4.78 is 16.4. The highest BCUT2D eigenvalue weighted by Crippen LogP contribution is 2.28. The van der Waals surface area contributed by atoms with E-state index in [2.05, 4.69) is 5.32 Å². The molecule has 0 spiro atoms. The van der Waals surface area contributed by atoms with Crippen LogP contribution in [0.2, 0.25) is 0 Å². The SMILES string of the molecule is Cc1cc(-c2ccccc2)c(C(=O)C(=O)Nc2ccc(N3CCCCC3)c(F)c2)n1C. The maximum atomic E-state index is 14.7. The third-order valence-electron chi connectivity index (χ3n) is 5.88. The number of aromatic nitrogens is 1. The van der Waals surface area contributed by atoms with Crippen LogP contribution in [0, 0.1) is 12.7 Å². The van der Waals surface area contributed by atoms with Gasteiger partial charge in [-0.1, -0.05) is 30.3 Å². The summed E-state index contributed by atoms with van der Waals surface area (Å²) in [4.78, 5) is 27.8. The van der Waals surface area contributed by atoms with E-state index >= 15 is 0 Å². The number of ketones is 1. The molecule has 4 rings (SSSR count). The number of nitrogens with zero attached hydrogens (tertiary/aromatic N) is 2. The first-order chi connectivity index (χ1) is 15.0. The normalized spacial score (nSPS) is 13.8. The van der Waals surface area contributed by atoms with Gasteiger partial charge in [0.15, 0.2) is 0 Å². The minimum absolute atomic E-state index is 0.267. The molecule has 1 fully saturated rings. The van der Waals surface area contributed by atoms with Crippen molar-refractivity contribution in [1.29, 1.82) is 0 Å². The van der Waals surface area contributed by atoms with Crippen molar-refractivity contribution in [2.45, 2.75) is 26.2 Å². The van der Waals surface area contributed by atoms with Gasteiger partial charge in [0.25, 0.3) is 11.7 Å². The average molecular weight is 420 g/mol. The van der Waals surface area contributed by atoms with Crippen LogP contribution in [0.25, 0.3) is 11.1 Å². The Balaban J connectivity index is 1.56. The Morgan fingerprint density at radius 2 is 1.68 bits per heavy atom. The Labute approximate surface area is 181 Å². The predicted molar refractivity (Wildman–Crippen MR) is 121 cm³/mol. The van der Waals surface area contributed by atoms with Gasteiger partial charge in [0.2, 0.25) is 0 Å². The largest absolute Gasteiger partial charge is 0.369 e. The van der Waals surface area contributed by atoms with E-state index < -0.39 is 17.5 Å². The Morgan fingerprint density at radius 1 is 0.968 bits per heavy atom. The van der Waals surface area contributed by atoms with Crippen LogP contribution < -0.4 is 10.2 Å². The second-order valence-corrected chi connectivity index (χ2v) is 7.97. The van der Waals surface area contributed by atoms with Gasteiger partial charge in [-0.3, -0.25) is 9.59 Å². The first kappa shape index (κ1) is 20.8. The molecule has 0 aliphatic carbocycles. The molecule has 0 atom stereocenters. The molecule has 2 heterocycles. The molecule has 5 nitrogen and oxygen atoms in total. The lowest BCUT2D eigenvalue weighted by Crippen LogP contribution is -2.30. The summed E-state index contributed by atoms with van der Waals surface area (Å²) in [7, 11) is 1.76. The number of aryl methyl sites for hydroxylation is 1. The molecule has 0 radical (unpaired) electrons. The van der Waals surface area contributed by atoms with Crippen molar-refractivity contribution in [2.75, 3.05) is 23.3 Å². The Kier molecular flexibility index (Phi) is 5.89. The second kappa shape index (κ2) is 8.76. The lowest BCUT2D eigenvalue weighted by Gasteiger charge is -2.29. The van der Waals surface area contributed by atoms with Crippen LogP contribution in [0.3, 0.4) is 0 Å². The summed E-state index contributed by atoms with van der Waals surface area (Å²) >= 11 is 0. The third-order valence-corrected chi connectivity index (χ3v) is 5.88. The van der Waals surface area contributed by atoms with Crippen molar-refractivity contribution in [3.63, 3.8) is 0 Å². The lowest BCUT2D eigenvalue weighted by molar-refractivity contribution is -0.112. The molecule has 1 saturated heterocycles. The fourth-order valence-corrected chi connectivity index (χ4v) is 4.11. The van der Waals surface area contributed by atoms with Crippen molar-refractivity contribution in [3.05, 3.63) is 71.8 Å². The highest BCUT2D eigenvalue weighted by Gasteiger charge is 2.25. The highest BCUT2D eigenvalue weighted by atomic mass is 19.1. The minimum atomic E-state index is -0.788. The number of piperidine rings is 1. The minimum Gasteiger partial charge on any atom is -0.369 e. The van der Waals surface area contributed by atoms with Crippen molar-refractivity contribution in [1.82, 2.24) is 4.57 Å². The maximum absolute atomic E-state index is 14.7. The summed E-state index contributed by atoms with van der Waals surface area (Å²) in [5.74, 6) is -1.84. The van der Waals surface area contributed by atoms with Crippen LogP contribution in [-0.4, -0.2) is 29.3 Å². The molecule has 160 valence electrons. The molecule has 3 aromatic rings. The van der Waals surface area contributed by atoms with Gasteiger partial charge < -0.3 is 14.8 Å². The summed E-state index contributed by atoms with van der Waals surface area (Å²) in [6.45, 7) is 3.54. The van der Waals surface area contributed by atoms with E-state index in [0.29, 0.717) is 16.9 Å². The molecule has 1 aromatic heterocycles. The van der Waals surface area contributed by atoms with E-state index in [9.17, 15) is 14.0 Å². The highest BCUT2D eigenvalue weighted by molar-refractivity contribution is 6.47. The molecule has 0 unspecified atom stereocenters. The lowest BCUT2D eigenvalue weighted by atomic mass is 10.0. The van der Waals surface area contributed by atoms with Gasteiger partial charge in [0.05, 0.1) is 5.69 Å². The summed E-state index contributed by atoms with van der Waals surface area (Å²) in [6, 6.07) is 16.0. The van der Waals surface area contributed by atoms with Crippen LogP contribution in [0.4, 0.5) is 15.8 Å². The molecule has 0 bridgehead atoms. The second-order valence-electron chi connectivity index (χ2n) is 7.97. The topological polar surface area (TPSA) is 54.3 Å². The molecule has 31 heavy (non-hydrogen) atoms. The molecule has 0 saturated carbocycles. The number of nitrogens with one attached hydrogen (secondary N) is 1. The number of halogens is 1. The summed E-state index contributed by atoms with van der Waals surface area (Å²) in [5, 5.41) is 2.57. The van der Waals surface area contributed by atoms with Crippen LogP contribution in [-0.2, 0) is 11.8 Å². The molecule has 1 aliphatic rings. The zero-order valence-corrected chi connectivity index (χ0v) is 17.8. The first-order valence-corrected chi connectivity index (χ1v) is 10.6. The quantitative estimate of drug-likeness (QED) is 0.470. The van der Waals surface area contributed by atoms with Gasteiger partial charge in [-0.25, -0.2) is 4.39 Å². The van der Waals surface area contributed by atoms with Crippen molar-refractivity contribution >= 4 is 23.1 Å². The van der Waals surface area contributed by atoms with Gasteiger partial charge >= 0.3 is 0 Å². The number of carbonyl (C=O) groups is 2. The average Bonchev–Trinajstić information content (AvgIpc) is 3.09. The first-order valence-electron chi connectivity index (χ1n) is 10.6. The van der Waals surface area contributed by atoms with E-state index in [-0.39, 0.29) is 5.69 Å². The summed E-state index contributed by atoms with van der Waals surface area (Å²) in [5.41, 5.74) is 3.54. The van der Waals surface area contributed by atoms with Gasteiger partial charge in [-0.15, -0.1) is 0 Å². The Hall–Kier alpha value is -3.41. The number of amides is 1. The zero-order chi connectivity index (χ0) is 22.0. The van der Waals surface area contributed by atoms with Gasteiger partial charge in [0, 0.05) is 37.1 Å². The van der Waals surface area contributed by atoms with Crippen LogP contribution in [0.5, 0.6) is 0 Å². The molecular weight excluding hydrogens is 393 g/mol. The standard InChI is InChI=1S/C25H26FN3O2/c1-17-15-20(18-9-5-3-6-10-18)23(28(17)2)24(30)25(31)27-19-11-12-22(21(26)16-19)29-13-7-4-8-14-29/h3,5-6,9-12,15-16H,4,7-8,13-14H2,1-2H3,(H,27,31). The van der Waals surface area contributed by atoms with E-state index in [1.165, 1.54) is 6.07 Å². The molecule has 1 aliphatic heterocycles. The van der Waals surface area contributed by atoms with Gasteiger partial charge in [-0.2, -0.15) is 0 Å². The maximum Gasteiger partial charge on any atom is 0.298 e. The smallest absolute Gasteiger partial charge is 0.298 e. The van der Waals surface area contributed by atoms with Crippen molar-refractivity contribution in [2.24, 2.45) is 7.05 Å². The number of carbonyl (C=O) groups excluding carboxylic acids is 2. The summed E-state index contributed by atoms with van der Waals surface area (Å²) in [6.07, 6.45) is 3.26. The molecule has 2 aromatic carbocycles. The monoisotopic (exact) mass is 419 g/mol. The predicted octanol–water partition coefficient (Wildman–Crippen LogP) is 4.95. The molecule has 1 N–H and O–H groups in total. The Morgan fingerprint density at radius 3 is 2.35 bits per heavy atom. The number of anilines is 2. The van der Waals surface area contributed by atoms with Gasteiger partial charge in [0.1, 0.15) is 11.5 Å². The number of benzene rings is 2. The van der Waals surface area contributed by atoms with Gasteiger partial charge in [-0.05, 0) is 56.0 Å². The number of Topliss-reactive ketones (excluding diaryl/α,β-unsaturated/α-hetero) is 1. The number of hydrogen-bond donors (Lipinski definition) is 1. The van der Waals surface area contributed by atoms with Crippen LogP contribution in [0.15, 0.2) is 54.6 Å². The fraction of sp³-hybridized carbons (Fsp3) is 0.280. The fourth-order valence-electron chi connectivity index (χ4n) is 4.11. The van der Waals surface area contributed by atoms with E-state index in [1.54, 1.807) is 23.7 Å². The number of rotatable bonds is 5. The van der Waals surface area contributed by atoms with Crippen molar-refractivity contribution < 1.29 is 14.0 Å². The van der Waals surface area contributed by atoms with Crippen molar-refractivity contribution in [3.8, 4) is 11.1 Å². The van der Waals surface area contributed by atoms with E-state index in [1.807, 2.05) is 48.2 Å². The van der Waals surface area contributed by atoms with E-state index in [0.717, 1.165) is 43.6 Å². The van der Waals surface area contributed by atoms with Crippen LogP contribution in [0.1, 0.15) is 35.4 Å². The molecule has 1 amide bonds. The van der Waals surface area contributed by atoms with E-state index in [4.69, 9.17) is 0 Å². The Bertz CT molecular complexity index is 1120. The molecular formula is C25H26FN3O2.